The molecule has 0 unspecified atom stereocenters. The molecule has 1 heterocycles. The molecule has 3 nitrogen and oxygen atoms in total. The fraction of sp³-hybridized carbons (Fsp3) is 0.103. The van der Waals surface area contributed by atoms with E-state index in [1.54, 1.807) is 26.8 Å². The van der Waals surface area contributed by atoms with Crippen molar-refractivity contribution < 1.29 is 14.0 Å². The zero-order valence-corrected chi connectivity index (χ0v) is 18.6. The molecule has 0 aromatic heterocycles. The van der Waals surface area contributed by atoms with Crippen LogP contribution in [0.5, 0.6) is 0 Å². The van der Waals surface area contributed by atoms with Crippen LogP contribution in [0, 0.1) is 26.6 Å². The van der Waals surface area contributed by atoms with E-state index in [1.165, 1.54) is 0 Å². The van der Waals surface area contributed by atoms with Crippen molar-refractivity contribution in [3.63, 3.8) is 0 Å². The van der Waals surface area contributed by atoms with Crippen molar-refractivity contribution in [2.75, 3.05) is 4.90 Å². The van der Waals surface area contributed by atoms with Crippen molar-refractivity contribution in [3.05, 3.63) is 112 Å². The number of carbonyl (C=O) groups excluding carboxylic acids is 2. The molecule has 0 radical (unpaired) electrons. The molecular weight excluding hydrogens is 413 g/mol. The van der Waals surface area contributed by atoms with Gasteiger partial charge in [-0.05, 0) is 71.8 Å². The highest BCUT2D eigenvalue weighted by Gasteiger charge is 2.41. The van der Waals surface area contributed by atoms with Crippen LogP contribution in [-0.4, -0.2) is 11.8 Å². The number of hydrogen-bond donors (Lipinski definition) is 0. The monoisotopic (exact) mass is 435 g/mol. The first kappa shape index (κ1) is 20.8. The minimum absolute atomic E-state index is 0.131. The number of hydrogen-bond acceptors (Lipinski definition) is 2. The van der Waals surface area contributed by atoms with Gasteiger partial charge in [0, 0.05) is 0 Å². The van der Waals surface area contributed by atoms with Gasteiger partial charge in [0.15, 0.2) is 0 Å². The summed E-state index contributed by atoms with van der Waals surface area (Å²) in [5, 5.41) is 0. The summed E-state index contributed by atoms with van der Waals surface area (Å²) in [4.78, 5) is 27.8. The molecule has 33 heavy (non-hydrogen) atoms. The van der Waals surface area contributed by atoms with Crippen LogP contribution in [0.1, 0.15) is 37.4 Å². The molecule has 4 aromatic rings. The molecule has 2 amide bonds. The third-order valence-electron chi connectivity index (χ3n) is 6.56. The molecule has 162 valence electrons. The first-order valence-corrected chi connectivity index (χ1v) is 10.8. The Bertz CT molecular complexity index is 1380. The fourth-order valence-corrected chi connectivity index (χ4v) is 4.53. The number of nitrogens with zero attached hydrogens (tertiary/aromatic N) is 1. The lowest BCUT2D eigenvalue weighted by atomic mass is 9.94. The van der Waals surface area contributed by atoms with Crippen molar-refractivity contribution in [2.24, 2.45) is 0 Å². The maximum Gasteiger partial charge on any atom is 0.269 e. The number of benzene rings is 4. The topological polar surface area (TPSA) is 37.4 Å². The molecule has 0 fully saturated rings. The highest BCUT2D eigenvalue weighted by molar-refractivity contribution is 6.35. The molecule has 0 saturated carbocycles. The number of amides is 2. The van der Waals surface area contributed by atoms with E-state index in [-0.39, 0.29) is 11.1 Å². The second kappa shape index (κ2) is 7.82. The standard InChI is InChI=1S/C29H22FNO2/c1-17-18(2)25-26(27(30)19(17)3)29(33)31(28(25)32)22-14-15-23(20-10-6-4-7-11-20)24(16-22)21-12-8-5-9-13-21/h4-16H,1-3H3. The largest absolute Gasteiger partial charge is 0.269 e. The van der Waals surface area contributed by atoms with Gasteiger partial charge in [-0.2, -0.15) is 0 Å². The Kier molecular flexibility index (Phi) is 4.94. The molecular formula is C29H22FNO2. The van der Waals surface area contributed by atoms with Crippen LogP contribution in [0.4, 0.5) is 10.1 Å². The Morgan fingerprint density at radius 1 is 0.606 bits per heavy atom. The van der Waals surface area contributed by atoms with Crippen molar-refractivity contribution in [1.29, 1.82) is 0 Å². The van der Waals surface area contributed by atoms with Gasteiger partial charge in [0.1, 0.15) is 5.82 Å². The van der Waals surface area contributed by atoms with E-state index in [0.717, 1.165) is 27.2 Å². The van der Waals surface area contributed by atoms with Gasteiger partial charge in [-0.3, -0.25) is 9.59 Å². The second-order valence-electron chi connectivity index (χ2n) is 8.35. The molecule has 0 bridgehead atoms. The Morgan fingerprint density at radius 2 is 1.15 bits per heavy atom. The van der Waals surface area contributed by atoms with Crippen LogP contribution in [0.2, 0.25) is 0 Å². The fourth-order valence-electron chi connectivity index (χ4n) is 4.53. The van der Waals surface area contributed by atoms with E-state index >= 15 is 4.39 Å². The number of halogens is 1. The SMILES string of the molecule is Cc1c(C)c(F)c2c(c1C)C(=O)N(c1ccc(-c3ccccc3)c(-c3ccccc3)c1)C2=O. The van der Waals surface area contributed by atoms with Crippen LogP contribution in [-0.2, 0) is 0 Å². The van der Waals surface area contributed by atoms with Crippen LogP contribution in [0.15, 0.2) is 78.9 Å². The highest BCUT2D eigenvalue weighted by atomic mass is 19.1. The minimum Gasteiger partial charge on any atom is -0.268 e. The summed E-state index contributed by atoms with van der Waals surface area (Å²) in [5.74, 6) is -1.72. The molecule has 1 aliphatic heterocycles. The smallest absolute Gasteiger partial charge is 0.268 e. The predicted molar refractivity (Wildman–Crippen MR) is 129 cm³/mol. The number of fused-ring (bicyclic) bond motifs is 1. The highest BCUT2D eigenvalue weighted by Crippen LogP contribution is 2.39. The van der Waals surface area contributed by atoms with Gasteiger partial charge in [-0.15, -0.1) is 0 Å². The van der Waals surface area contributed by atoms with Crippen LogP contribution in [0.3, 0.4) is 0 Å². The van der Waals surface area contributed by atoms with Gasteiger partial charge in [-0.25, -0.2) is 9.29 Å². The van der Waals surface area contributed by atoms with E-state index in [9.17, 15) is 9.59 Å². The van der Waals surface area contributed by atoms with E-state index in [0.29, 0.717) is 22.4 Å². The molecule has 0 atom stereocenters. The summed E-state index contributed by atoms with van der Waals surface area (Å²) in [5.41, 5.74) is 6.06. The van der Waals surface area contributed by atoms with Gasteiger partial charge in [0.2, 0.25) is 0 Å². The van der Waals surface area contributed by atoms with Gasteiger partial charge >= 0.3 is 0 Å². The van der Waals surface area contributed by atoms with E-state index in [1.807, 2.05) is 72.8 Å². The van der Waals surface area contributed by atoms with Gasteiger partial charge < -0.3 is 0 Å². The molecule has 0 spiro atoms. The molecule has 0 aliphatic carbocycles. The Balaban J connectivity index is 1.70. The summed E-state index contributed by atoms with van der Waals surface area (Å²) in [6, 6.07) is 25.3. The number of anilines is 1. The number of imide groups is 1. The van der Waals surface area contributed by atoms with Crippen molar-refractivity contribution in [2.45, 2.75) is 20.8 Å². The van der Waals surface area contributed by atoms with Crippen LogP contribution >= 0.6 is 0 Å². The van der Waals surface area contributed by atoms with Gasteiger partial charge in [-0.1, -0.05) is 66.7 Å². The second-order valence-corrected chi connectivity index (χ2v) is 8.35. The lowest BCUT2D eigenvalue weighted by Crippen LogP contribution is -2.29. The van der Waals surface area contributed by atoms with Gasteiger partial charge in [0.25, 0.3) is 11.8 Å². The minimum atomic E-state index is -0.620. The van der Waals surface area contributed by atoms with Gasteiger partial charge in [0.05, 0.1) is 16.8 Å². The summed E-state index contributed by atoms with van der Waals surface area (Å²) >= 11 is 0. The van der Waals surface area contributed by atoms with Crippen LogP contribution in [0.25, 0.3) is 22.3 Å². The Hall–Kier alpha value is -4.05. The lowest BCUT2D eigenvalue weighted by Gasteiger charge is -2.18. The quantitative estimate of drug-likeness (QED) is 0.329. The molecule has 0 saturated heterocycles. The summed E-state index contributed by atoms with van der Waals surface area (Å²) in [6.07, 6.45) is 0. The van der Waals surface area contributed by atoms with E-state index < -0.39 is 17.6 Å². The average molecular weight is 435 g/mol. The molecule has 4 aromatic carbocycles. The van der Waals surface area contributed by atoms with Crippen molar-refractivity contribution in [1.82, 2.24) is 0 Å². The van der Waals surface area contributed by atoms with Crippen molar-refractivity contribution in [3.8, 4) is 22.3 Å². The first-order chi connectivity index (χ1) is 15.9. The summed E-state index contributed by atoms with van der Waals surface area (Å²) in [7, 11) is 0. The third-order valence-corrected chi connectivity index (χ3v) is 6.56. The first-order valence-electron chi connectivity index (χ1n) is 10.8. The van der Waals surface area contributed by atoms with Crippen molar-refractivity contribution >= 4 is 17.5 Å². The lowest BCUT2D eigenvalue weighted by molar-refractivity contribution is 0.0925. The molecule has 0 N–H and O–H groups in total. The number of rotatable bonds is 3. The summed E-state index contributed by atoms with van der Waals surface area (Å²) < 4.78 is 15.1. The maximum absolute atomic E-state index is 15.1. The summed E-state index contributed by atoms with van der Waals surface area (Å²) in [6.45, 7) is 5.18. The normalized spacial score (nSPS) is 12.9. The van der Waals surface area contributed by atoms with E-state index in [2.05, 4.69) is 0 Å². The molecule has 1 aliphatic rings. The zero-order valence-electron chi connectivity index (χ0n) is 18.6. The number of carbonyl (C=O) groups is 2. The average Bonchev–Trinajstić information content (AvgIpc) is 3.12. The Labute approximate surface area is 192 Å². The van der Waals surface area contributed by atoms with E-state index in [4.69, 9.17) is 0 Å². The molecule has 4 heteroatoms. The zero-order chi connectivity index (χ0) is 23.3. The molecule has 5 rings (SSSR count). The maximum atomic E-state index is 15.1. The third kappa shape index (κ3) is 3.18. The van der Waals surface area contributed by atoms with Crippen LogP contribution < -0.4 is 4.90 Å². The Morgan fingerprint density at radius 3 is 1.76 bits per heavy atom. The predicted octanol–water partition coefficient (Wildman–Crippen LogP) is 6.89.